The minimum atomic E-state index is -0.224. The Morgan fingerprint density at radius 2 is 2.12 bits per heavy atom. The van der Waals surface area contributed by atoms with E-state index in [1.54, 1.807) is 23.9 Å². The molecule has 16 heavy (non-hydrogen) atoms. The number of rotatable bonds is 5. The van der Waals surface area contributed by atoms with Crippen LogP contribution in [-0.2, 0) is 0 Å². The molecule has 2 nitrogen and oxygen atoms in total. The molecule has 4 heteroatoms. The van der Waals surface area contributed by atoms with Gasteiger partial charge in [-0.3, -0.25) is 0 Å². The number of benzene rings is 1. The molecule has 0 saturated carbocycles. The summed E-state index contributed by atoms with van der Waals surface area (Å²) < 4.78 is 13.2. The van der Waals surface area contributed by atoms with Gasteiger partial charge >= 0.3 is 0 Å². The van der Waals surface area contributed by atoms with E-state index in [0.717, 1.165) is 10.5 Å². The zero-order valence-electron chi connectivity index (χ0n) is 9.83. The lowest BCUT2D eigenvalue weighted by Gasteiger charge is -2.17. The predicted molar refractivity (Wildman–Crippen MR) is 66.3 cm³/mol. The molecule has 0 aliphatic carbocycles. The summed E-state index contributed by atoms with van der Waals surface area (Å²) in [6.45, 7) is 4.06. The topological polar surface area (TPSA) is 32.3 Å². The van der Waals surface area contributed by atoms with Crippen LogP contribution in [0.1, 0.15) is 25.5 Å². The fraction of sp³-hybridized carbons (Fsp3) is 0.500. The molecule has 1 aromatic rings. The molecule has 2 N–H and O–H groups in total. The summed E-state index contributed by atoms with van der Waals surface area (Å²) in [4.78, 5) is 1.02. The number of hydrogen-bond acceptors (Lipinski definition) is 3. The molecule has 0 spiro atoms. The first-order valence-electron chi connectivity index (χ1n) is 5.32. The van der Waals surface area contributed by atoms with E-state index in [0.29, 0.717) is 0 Å². The van der Waals surface area contributed by atoms with Gasteiger partial charge in [0.15, 0.2) is 0 Å². The highest BCUT2D eigenvalue weighted by Crippen LogP contribution is 2.30. The van der Waals surface area contributed by atoms with E-state index in [4.69, 9.17) is 5.11 Å². The molecule has 0 saturated heterocycles. The van der Waals surface area contributed by atoms with E-state index in [1.165, 1.54) is 6.07 Å². The van der Waals surface area contributed by atoms with Crippen molar-refractivity contribution in [2.75, 3.05) is 13.7 Å². The third-order valence-corrected chi connectivity index (χ3v) is 3.63. The van der Waals surface area contributed by atoms with Gasteiger partial charge in [0.25, 0.3) is 0 Å². The Morgan fingerprint density at radius 3 is 2.69 bits per heavy atom. The van der Waals surface area contributed by atoms with Gasteiger partial charge < -0.3 is 10.4 Å². The van der Waals surface area contributed by atoms with Crippen LogP contribution in [0.25, 0.3) is 0 Å². The molecule has 1 aromatic carbocycles. The molecule has 0 amide bonds. The fourth-order valence-corrected chi connectivity index (χ4v) is 2.40. The molecule has 0 aliphatic rings. The standard InChI is InChI=1S/C12H18FNOS/c1-8(7-15)16-12-5-4-10(13)6-11(12)9(2)14-3/h4-6,8-9,14-15H,7H2,1-3H3. The van der Waals surface area contributed by atoms with Crippen LogP contribution >= 0.6 is 11.8 Å². The maximum atomic E-state index is 13.2. The maximum Gasteiger partial charge on any atom is 0.123 e. The normalized spacial score (nSPS) is 14.8. The molecular formula is C12H18FNOS. The van der Waals surface area contributed by atoms with E-state index >= 15 is 0 Å². The van der Waals surface area contributed by atoms with Crippen molar-refractivity contribution in [1.29, 1.82) is 0 Å². The Kier molecular flexibility index (Phi) is 5.25. The maximum absolute atomic E-state index is 13.2. The molecule has 0 radical (unpaired) electrons. The highest BCUT2D eigenvalue weighted by Gasteiger charge is 2.13. The quantitative estimate of drug-likeness (QED) is 0.780. The van der Waals surface area contributed by atoms with E-state index in [9.17, 15) is 4.39 Å². The van der Waals surface area contributed by atoms with Crippen LogP contribution in [0, 0.1) is 5.82 Å². The second-order valence-electron chi connectivity index (χ2n) is 3.80. The second-order valence-corrected chi connectivity index (χ2v) is 5.28. The summed E-state index contributed by atoms with van der Waals surface area (Å²) in [5, 5.41) is 12.2. The van der Waals surface area contributed by atoms with Crippen molar-refractivity contribution in [1.82, 2.24) is 5.32 Å². The molecule has 1 rings (SSSR count). The monoisotopic (exact) mass is 243 g/mol. The Morgan fingerprint density at radius 1 is 1.44 bits per heavy atom. The van der Waals surface area contributed by atoms with E-state index in [-0.39, 0.29) is 23.7 Å². The Labute approximate surface area is 100 Å². The zero-order valence-corrected chi connectivity index (χ0v) is 10.6. The minimum Gasteiger partial charge on any atom is -0.395 e. The SMILES string of the molecule is CNC(C)c1cc(F)ccc1SC(C)CO. The van der Waals surface area contributed by atoms with Crippen LogP contribution in [-0.4, -0.2) is 24.0 Å². The lowest BCUT2D eigenvalue weighted by molar-refractivity contribution is 0.300. The largest absolute Gasteiger partial charge is 0.395 e. The van der Waals surface area contributed by atoms with Gasteiger partial charge in [-0.2, -0.15) is 0 Å². The number of aliphatic hydroxyl groups is 1. The highest BCUT2D eigenvalue weighted by atomic mass is 32.2. The number of halogens is 1. The van der Waals surface area contributed by atoms with E-state index < -0.39 is 0 Å². The Hall–Kier alpha value is -0.580. The van der Waals surface area contributed by atoms with Gasteiger partial charge in [0.05, 0.1) is 6.61 Å². The van der Waals surface area contributed by atoms with Crippen molar-refractivity contribution in [3.63, 3.8) is 0 Å². The van der Waals surface area contributed by atoms with Gasteiger partial charge in [0.1, 0.15) is 5.82 Å². The summed E-state index contributed by atoms with van der Waals surface area (Å²) in [6.07, 6.45) is 0. The second kappa shape index (κ2) is 6.23. The van der Waals surface area contributed by atoms with Gasteiger partial charge in [0, 0.05) is 16.2 Å². The lowest BCUT2D eigenvalue weighted by atomic mass is 10.1. The third-order valence-electron chi connectivity index (χ3n) is 2.46. The third kappa shape index (κ3) is 3.47. The summed E-state index contributed by atoms with van der Waals surface area (Å²) in [6, 6.07) is 4.88. The molecule has 0 heterocycles. The van der Waals surface area contributed by atoms with Crippen molar-refractivity contribution in [3.8, 4) is 0 Å². The average molecular weight is 243 g/mol. The first-order chi connectivity index (χ1) is 7.58. The first kappa shape index (κ1) is 13.5. The van der Waals surface area contributed by atoms with Crippen LogP contribution < -0.4 is 5.32 Å². The first-order valence-corrected chi connectivity index (χ1v) is 6.20. The van der Waals surface area contributed by atoms with Crippen molar-refractivity contribution in [2.45, 2.75) is 30.0 Å². The number of aliphatic hydroxyl groups excluding tert-OH is 1. The van der Waals surface area contributed by atoms with Crippen molar-refractivity contribution in [3.05, 3.63) is 29.6 Å². The van der Waals surface area contributed by atoms with Crippen molar-refractivity contribution in [2.24, 2.45) is 0 Å². The molecule has 0 bridgehead atoms. The molecular weight excluding hydrogens is 225 g/mol. The van der Waals surface area contributed by atoms with Gasteiger partial charge in [-0.25, -0.2) is 4.39 Å². The Balaban J connectivity index is 2.97. The minimum absolute atomic E-state index is 0.101. The van der Waals surface area contributed by atoms with Gasteiger partial charge in [-0.1, -0.05) is 6.92 Å². The van der Waals surface area contributed by atoms with E-state index in [2.05, 4.69) is 5.32 Å². The van der Waals surface area contributed by atoms with Crippen LogP contribution in [0.5, 0.6) is 0 Å². The summed E-state index contributed by atoms with van der Waals surface area (Å²) >= 11 is 1.57. The summed E-state index contributed by atoms with van der Waals surface area (Å²) in [7, 11) is 1.85. The number of thioether (sulfide) groups is 1. The summed E-state index contributed by atoms with van der Waals surface area (Å²) in [5.74, 6) is -0.224. The van der Waals surface area contributed by atoms with Gasteiger partial charge in [-0.15, -0.1) is 11.8 Å². The van der Waals surface area contributed by atoms with Crippen LogP contribution in [0.3, 0.4) is 0 Å². The number of hydrogen-bond donors (Lipinski definition) is 2. The fourth-order valence-electron chi connectivity index (χ4n) is 1.37. The van der Waals surface area contributed by atoms with Crippen molar-refractivity contribution < 1.29 is 9.50 Å². The molecule has 0 aromatic heterocycles. The summed E-state index contributed by atoms with van der Waals surface area (Å²) in [5.41, 5.74) is 0.938. The average Bonchev–Trinajstić information content (AvgIpc) is 2.30. The lowest BCUT2D eigenvalue weighted by Crippen LogP contribution is -2.14. The Bertz CT molecular complexity index is 346. The number of nitrogens with one attached hydrogen (secondary N) is 1. The molecule has 0 fully saturated rings. The predicted octanol–water partition coefficient (Wildman–Crippen LogP) is 2.58. The molecule has 90 valence electrons. The van der Waals surface area contributed by atoms with Crippen LogP contribution in [0.4, 0.5) is 4.39 Å². The van der Waals surface area contributed by atoms with Gasteiger partial charge in [-0.05, 0) is 37.7 Å². The van der Waals surface area contributed by atoms with Crippen LogP contribution in [0.15, 0.2) is 23.1 Å². The van der Waals surface area contributed by atoms with Gasteiger partial charge in [0.2, 0.25) is 0 Å². The molecule has 2 unspecified atom stereocenters. The molecule has 0 aliphatic heterocycles. The van der Waals surface area contributed by atoms with Crippen molar-refractivity contribution >= 4 is 11.8 Å². The zero-order chi connectivity index (χ0) is 12.1. The van der Waals surface area contributed by atoms with E-state index in [1.807, 2.05) is 20.9 Å². The van der Waals surface area contributed by atoms with Crippen LogP contribution in [0.2, 0.25) is 0 Å². The smallest absolute Gasteiger partial charge is 0.123 e. The highest BCUT2D eigenvalue weighted by molar-refractivity contribution is 8.00. The molecule has 2 atom stereocenters.